The van der Waals surface area contributed by atoms with Gasteiger partial charge in [-0.25, -0.2) is 9.78 Å². The van der Waals surface area contributed by atoms with Gasteiger partial charge in [0.1, 0.15) is 5.69 Å². The van der Waals surface area contributed by atoms with E-state index < -0.39 is 17.6 Å². The van der Waals surface area contributed by atoms with Crippen LogP contribution in [0.25, 0.3) is 0 Å². The van der Waals surface area contributed by atoms with Crippen LogP contribution in [0.4, 0.5) is 10.5 Å². The number of nitrogens with zero attached hydrogens (tertiary/aromatic N) is 1. The summed E-state index contributed by atoms with van der Waals surface area (Å²) in [5, 5.41) is 22.5. The number of carboxylic acid groups (broad SMARTS) is 1. The van der Waals surface area contributed by atoms with E-state index in [0.29, 0.717) is 0 Å². The number of aromatic nitrogens is 1. The number of hydrogen-bond acceptors (Lipinski definition) is 4. The number of hydrogen-bond donors (Lipinski definition) is 4. The largest absolute Gasteiger partial charge is 0.465 e. The zero-order valence-electron chi connectivity index (χ0n) is 10.1. The van der Waals surface area contributed by atoms with Crippen LogP contribution >= 0.6 is 0 Å². The van der Waals surface area contributed by atoms with Crippen LogP contribution in [-0.4, -0.2) is 39.3 Å². The lowest BCUT2D eigenvalue weighted by Crippen LogP contribution is -2.38. The van der Waals surface area contributed by atoms with E-state index in [0.717, 1.165) is 0 Å². The Balaban J connectivity index is 2.62. The highest BCUT2D eigenvalue weighted by molar-refractivity contribution is 5.92. The Labute approximate surface area is 104 Å². The van der Waals surface area contributed by atoms with Crippen molar-refractivity contribution in [1.29, 1.82) is 0 Å². The average Bonchev–Trinajstić information content (AvgIpc) is 2.25. The Morgan fingerprint density at radius 3 is 2.50 bits per heavy atom. The molecule has 0 bridgehead atoms. The number of amides is 2. The summed E-state index contributed by atoms with van der Waals surface area (Å²) >= 11 is 0. The van der Waals surface area contributed by atoms with Crippen molar-refractivity contribution < 1.29 is 19.8 Å². The molecule has 1 aromatic heterocycles. The summed E-state index contributed by atoms with van der Waals surface area (Å²) in [5.41, 5.74) is -0.572. The fraction of sp³-hybridized carbons (Fsp3) is 0.364. The van der Waals surface area contributed by atoms with Crippen LogP contribution in [0.5, 0.6) is 0 Å². The summed E-state index contributed by atoms with van der Waals surface area (Å²) in [6, 6.07) is 2.82. The van der Waals surface area contributed by atoms with Gasteiger partial charge in [0.15, 0.2) is 0 Å². The molecule has 2 amide bonds. The highest BCUT2D eigenvalue weighted by Gasteiger charge is 2.15. The van der Waals surface area contributed by atoms with E-state index in [1.807, 2.05) is 0 Å². The Bertz CT molecular complexity index is 437. The molecule has 0 saturated carbocycles. The van der Waals surface area contributed by atoms with E-state index in [1.165, 1.54) is 18.3 Å². The first-order valence-corrected chi connectivity index (χ1v) is 5.24. The molecule has 0 aliphatic carbocycles. The van der Waals surface area contributed by atoms with Crippen LogP contribution in [0, 0.1) is 0 Å². The van der Waals surface area contributed by atoms with Crippen molar-refractivity contribution in [2.75, 3.05) is 11.9 Å². The summed E-state index contributed by atoms with van der Waals surface area (Å²) in [6.07, 6.45) is 0.0451. The number of anilines is 1. The predicted molar refractivity (Wildman–Crippen MR) is 64.5 cm³/mol. The van der Waals surface area contributed by atoms with E-state index in [-0.39, 0.29) is 17.9 Å². The third-order valence-corrected chi connectivity index (χ3v) is 1.93. The molecule has 98 valence electrons. The molecular weight excluding hydrogens is 238 g/mol. The van der Waals surface area contributed by atoms with Gasteiger partial charge in [0.2, 0.25) is 0 Å². The van der Waals surface area contributed by atoms with Crippen molar-refractivity contribution in [3.8, 4) is 0 Å². The fourth-order valence-corrected chi connectivity index (χ4v) is 1.11. The lowest BCUT2D eigenvalue weighted by atomic mass is 10.1. The fourth-order valence-electron chi connectivity index (χ4n) is 1.11. The molecule has 7 nitrogen and oxygen atoms in total. The predicted octanol–water partition coefficient (Wildman–Crippen LogP) is 0.672. The normalized spacial score (nSPS) is 10.8. The van der Waals surface area contributed by atoms with Gasteiger partial charge >= 0.3 is 6.09 Å². The molecule has 0 unspecified atom stereocenters. The van der Waals surface area contributed by atoms with Crippen molar-refractivity contribution in [3.63, 3.8) is 0 Å². The number of rotatable bonds is 4. The van der Waals surface area contributed by atoms with Gasteiger partial charge in [-0.2, -0.15) is 0 Å². The zero-order chi connectivity index (χ0) is 13.8. The minimum atomic E-state index is -1.20. The molecule has 0 aliphatic rings. The maximum absolute atomic E-state index is 11.6. The summed E-state index contributed by atoms with van der Waals surface area (Å²) in [7, 11) is 0. The molecule has 0 saturated heterocycles. The van der Waals surface area contributed by atoms with E-state index in [2.05, 4.69) is 15.6 Å². The molecule has 1 aromatic rings. The summed E-state index contributed by atoms with van der Waals surface area (Å²) in [5.74, 6) is -0.431. The summed E-state index contributed by atoms with van der Waals surface area (Å²) < 4.78 is 0. The molecule has 7 heteroatoms. The van der Waals surface area contributed by atoms with Gasteiger partial charge in [-0.15, -0.1) is 0 Å². The molecule has 1 heterocycles. The van der Waals surface area contributed by atoms with E-state index >= 15 is 0 Å². The first-order chi connectivity index (χ1) is 8.28. The van der Waals surface area contributed by atoms with Crippen molar-refractivity contribution in [2.24, 2.45) is 0 Å². The first kappa shape index (κ1) is 13.9. The maximum atomic E-state index is 11.6. The topological polar surface area (TPSA) is 112 Å². The molecule has 0 aliphatic heterocycles. The molecule has 18 heavy (non-hydrogen) atoms. The minimum Gasteiger partial charge on any atom is -0.465 e. The highest BCUT2D eigenvalue weighted by Crippen LogP contribution is 2.06. The van der Waals surface area contributed by atoms with Crippen LogP contribution in [0.2, 0.25) is 0 Å². The van der Waals surface area contributed by atoms with Gasteiger partial charge in [0.25, 0.3) is 5.91 Å². The second-order valence-corrected chi connectivity index (χ2v) is 4.36. The maximum Gasteiger partial charge on any atom is 0.409 e. The lowest BCUT2D eigenvalue weighted by molar-refractivity contribution is 0.0692. The number of aliphatic hydroxyl groups is 1. The van der Waals surface area contributed by atoms with Gasteiger partial charge in [-0.3, -0.25) is 10.1 Å². The molecule has 0 atom stereocenters. The third-order valence-electron chi connectivity index (χ3n) is 1.93. The molecule has 0 aromatic carbocycles. The quantitative estimate of drug-likeness (QED) is 0.630. The summed E-state index contributed by atoms with van der Waals surface area (Å²) in [4.78, 5) is 25.8. The van der Waals surface area contributed by atoms with Crippen molar-refractivity contribution in [2.45, 2.75) is 19.4 Å². The van der Waals surface area contributed by atoms with Crippen molar-refractivity contribution in [3.05, 3.63) is 24.0 Å². The van der Waals surface area contributed by atoms with Crippen LogP contribution in [-0.2, 0) is 0 Å². The molecule has 0 spiro atoms. The smallest absolute Gasteiger partial charge is 0.409 e. The number of carbonyl (C=O) groups excluding carboxylic acids is 1. The molecule has 0 fully saturated rings. The number of nitrogens with one attached hydrogen (secondary N) is 2. The Morgan fingerprint density at radius 1 is 1.39 bits per heavy atom. The van der Waals surface area contributed by atoms with Gasteiger partial charge in [-0.1, -0.05) is 0 Å². The summed E-state index contributed by atoms with van der Waals surface area (Å²) in [6.45, 7) is 3.24. The minimum absolute atomic E-state index is 0.0998. The van der Waals surface area contributed by atoms with Gasteiger partial charge in [0.05, 0.1) is 17.5 Å². The lowest BCUT2D eigenvalue weighted by Gasteiger charge is -2.17. The second kappa shape index (κ2) is 5.46. The average molecular weight is 253 g/mol. The number of pyridine rings is 1. The van der Waals surface area contributed by atoms with Crippen molar-refractivity contribution in [1.82, 2.24) is 10.3 Å². The van der Waals surface area contributed by atoms with Crippen LogP contribution < -0.4 is 10.6 Å². The van der Waals surface area contributed by atoms with Crippen LogP contribution in [0.1, 0.15) is 24.3 Å². The standard InChI is InChI=1S/C11H15N3O4/c1-11(2,18)6-13-9(15)8-4-3-7(5-12-8)14-10(16)17/h3-5,14,18H,6H2,1-2H3,(H,13,15)(H,16,17). The van der Waals surface area contributed by atoms with Crippen molar-refractivity contribution >= 4 is 17.7 Å². The molecule has 4 N–H and O–H groups in total. The van der Waals surface area contributed by atoms with E-state index in [1.54, 1.807) is 13.8 Å². The first-order valence-electron chi connectivity index (χ1n) is 5.24. The van der Waals surface area contributed by atoms with Crippen LogP contribution in [0.3, 0.4) is 0 Å². The Hall–Kier alpha value is -2.15. The van der Waals surface area contributed by atoms with Gasteiger partial charge in [0, 0.05) is 6.54 Å². The zero-order valence-corrected chi connectivity index (χ0v) is 10.1. The molecule has 1 rings (SSSR count). The highest BCUT2D eigenvalue weighted by atomic mass is 16.4. The van der Waals surface area contributed by atoms with Crippen LogP contribution in [0.15, 0.2) is 18.3 Å². The van der Waals surface area contributed by atoms with E-state index in [4.69, 9.17) is 5.11 Å². The Morgan fingerprint density at radius 2 is 2.06 bits per heavy atom. The molecular formula is C11H15N3O4. The number of carbonyl (C=O) groups is 2. The monoisotopic (exact) mass is 253 g/mol. The van der Waals surface area contributed by atoms with Gasteiger partial charge in [-0.05, 0) is 26.0 Å². The third kappa shape index (κ3) is 4.79. The Kier molecular flexibility index (Phi) is 4.22. The molecule has 0 radical (unpaired) electrons. The second-order valence-electron chi connectivity index (χ2n) is 4.36. The van der Waals surface area contributed by atoms with E-state index in [9.17, 15) is 14.7 Å². The SMILES string of the molecule is CC(C)(O)CNC(=O)c1ccc(NC(=O)O)cn1. The van der Waals surface area contributed by atoms with Gasteiger partial charge < -0.3 is 15.5 Å².